The van der Waals surface area contributed by atoms with Crippen molar-refractivity contribution < 1.29 is 9.53 Å². The van der Waals surface area contributed by atoms with Crippen LogP contribution >= 0.6 is 0 Å². The van der Waals surface area contributed by atoms with Crippen molar-refractivity contribution in [3.63, 3.8) is 0 Å². The van der Waals surface area contributed by atoms with Gasteiger partial charge in [-0.05, 0) is 29.0 Å². The molecule has 0 saturated carbocycles. The third-order valence-corrected chi connectivity index (χ3v) is 2.69. The maximum Gasteiger partial charge on any atom is 0.302 e. The number of carbonyl (C=O) groups excluding carboxylic acids is 1. The van der Waals surface area contributed by atoms with Crippen LogP contribution < -0.4 is 0 Å². The van der Waals surface area contributed by atoms with Gasteiger partial charge in [-0.3, -0.25) is 4.79 Å². The van der Waals surface area contributed by atoms with Crippen LogP contribution in [0.25, 0.3) is 6.08 Å². The van der Waals surface area contributed by atoms with Gasteiger partial charge in [0.2, 0.25) is 0 Å². The first-order valence-electron chi connectivity index (χ1n) is 6.20. The molecule has 0 aliphatic heterocycles. The summed E-state index contributed by atoms with van der Waals surface area (Å²) in [5.74, 6) is -0.245. The highest BCUT2D eigenvalue weighted by Gasteiger charge is 2.12. The molecular formula is C16H22O2. The smallest absolute Gasteiger partial charge is 0.302 e. The van der Waals surface area contributed by atoms with Crippen LogP contribution in [0.1, 0.15) is 45.7 Å². The van der Waals surface area contributed by atoms with Gasteiger partial charge in [-0.1, -0.05) is 51.1 Å². The second-order valence-electron chi connectivity index (χ2n) is 5.64. The minimum absolute atomic E-state index is 0.176. The molecule has 0 saturated heterocycles. The molecule has 98 valence electrons. The molecule has 18 heavy (non-hydrogen) atoms. The van der Waals surface area contributed by atoms with Crippen molar-refractivity contribution in [3.8, 4) is 0 Å². The Hall–Kier alpha value is -1.57. The van der Waals surface area contributed by atoms with Crippen LogP contribution in [-0.2, 0) is 14.9 Å². The second-order valence-corrected chi connectivity index (χ2v) is 5.64. The summed E-state index contributed by atoms with van der Waals surface area (Å²) in [6.07, 6.45) is 2.04. The Morgan fingerprint density at radius 2 is 1.72 bits per heavy atom. The molecule has 1 rings (SSSR count). The molecule has 0 aliphatic carbocycles. The Balaban J connectivity index is 2.74. The molecular weight excluding hydrogens is 224 g/mol. The fourth-order valence-electron chi connectivity index (χ4n) is 1.62. The quantitative estimate of drug-likeness (QED) is 0.755. The topological polar surface area (TPSA) is 26.3 Å². The maximum atomic E-state index is 10.7. The monoisotopic (exact) mass is 246 g/mol. The van der Waals surface area contributed by atoms with E-state index in [1.54, 1.807) is 0 Å². The number of hydrogen-bond donors (Lipinski definition) is 0. The fraction of sp³-hybridized carbons (Fsp3) is 0.438. The highest BCUT2D eigenvalue weighted by atomic mass is 16.5. The molecule has 0 unspecified atom stereocenters. The van der Waals surface area contributed by atoms with Crippen LogP contribution in [-0.4, -0.2) is 12.6 Å². The normalized spacial score (nSPS) is 12.4. The molecule has 2 nitrogen and oxygen atoms in total. The van der Waals surface area contributed by atoms with Crippen LogP contribution in [0.4, 0.5) is 0 Å². The van der Waals surface area contributed by atoms with E-state index in [9.17, 15) is 4.79 Å². The van der Waals surface area contributed by atoms with Gasteiger partial charge in [0.05, 0.1) is 0 Å². The highest BCUT2D eigenvalue weighted by molar-refractivity contribution is 5.66. The third kappa shape index (κ3) is 4.74. The lowest BCUT2D eigenvalue weighted by atomic mass is 9.86. The predicted molar refractivity (Wildman–Crippen MR) is 75.4 cm³/mol. The number of ether oxygens (including phenoxy) is 1. The van der Waals surface area contributed by atoms with Crippen molar-refractivity contribution in [2.75, 3.05) is 6.61 Å². The van der Waals surface area contributed by atoms with Crippen molar-refractivity contribution >= 4 is 12.0 Å². The van der Waals surface area contributed by atoms with Crippen LogP contribution in [0.15, 0.2) is 29.8 Å². The lowest BCUT2D eigenvalue weighted by Crippen LogP contribution is -2.10. The van der Waals surface area contributed by atoms with E-state index < -0.39 is 0 Å². The number of benzene rings is 1. The molecule has 0 aliphatic rings. The Labute approximate surface area is 110 Å². The lowest BCUT2D eigenvalue weighted by molar-refractivity contribution is -0.139. The molecule has 0 bridgehead atoms. The SMILES string of the molecule is CC(=O)OCC(C)=Cc1ccc(C(C)(C)C)cc1. The molecule has 2 heteroatoms. The van der Waals surface area contributed by atoms with Crippen LogP contribution in [0.5, 0.6) is 0 Å². The Kier molecular flexibility index (Phi) is 4.71. The summed E-state index contributed by atoms with van der Waals surface area (Å²) in [6, 6.07) is 8.48. The summed E-state index contributed by atoms with van der Waals surface area (Å²) in [5, 5.41) is 0. The van der Waals surface area contributed by atoms with Gasteiger partial charge in [0.15, 0.2) is 0 Å². The lowest BCUT2D eigenvalue weighted by Gasteiger charge is -2.18. The zero-order valence-electron chi connectivity index (χ0n) is 11.9. The first-order chi connectivity index (χ1) is 8.29. The van der Waals surface area contributed by atoms with Crippen molar-refractivity contribution in [2.45, 2.75) is 40.0 Å². The van der Waals surface area contributed by atoms with E-state index in [0.29, 0.717) is 6.61 Å². The van der Waals surface area contributed by atoms with Gasteiger partial charge in [0.1, 0.15) is 6.61 Å². The minimum Gasteiger partial charge on any atom is -0.461 e. The van der Waals surface area contributed by atoms with E-state index in [1.165, 1.54) is 12.5 Å². The third-order valence-electron chi connectivity index (χ3n) is 2.69. The second kappa shape index (κ2) is 5.85. The number of esters is 1. The van der Waals surface area contributed by atoms with E-state index in [-0.39, 0.29) is 11.4 Å². The summed E-state index contributed by atoms with van der Waals surface area (Å²) in [7, 11) is 0. The average Bonchev–Trinajstić information content (AvgIpc) is 2.26. The van der Waals surface area contributed by atoms with Gasteiger partial charge in [-0.2, -0.15) is 0 Å². The van der Waals surface area contributed by atoms with E-state index in [1.807, 2.05) is 13.0 Å². The largest absolute Gasteiger partial charge is 0.461 e. The fourth-order valence-corrected chi connectivity index (χ4v) is 1.62. The number of carbonyl (C=O) groups is 1. The van der Waals surface area contributed by atoms with Gasteiger partial charge in [0, 0.05) is 6.92 Å². The summed E-state index contributed by atoms with van der Waals surface area (Å²) < 4.78 is 4.95. The van der Waals surface area contributed by atoms with E-state index in [4.69, 9.17) is 4.74 Å². The molecule has 1 aromatic rings. The Bertz CT molecular complexity index is 433. The molecule has 0 N–H and O–H groups in total. The van der Waals surface area contributed by atoms with Crippen molar-refractivity contribution in [1.82, 2.24) is 0 Å². The maximum absolute atomic E-state index is 10.7. The molecule has 0 radical (unpaired) electrons. The summed E-state index contributed by atoms with van der Waals surface area (Å²) in [5.41, 5.74) is 3.66. The van der Waals surface area contributed by atoms with Gasteiger partial charge in [-0.15, -0.1) is 0 Å². The van der Waals surface area contributed by atoms with Gasteiger partial charge < -0.3 is 4.74 Å². The molecule has 0 atom stereocenters. The van der Waals surface area contributed by atoms with Crippen molar-refractivity contribution in [3.05, 3.63) is 41.0 Å². The van der Waals surface area contributed by atoms with E-state index >= 15 is 0 Å². The van der Waals surface area contributed by atoms with Crippen LogP contribution in [0.3, 0.4) is 0 Å². The van der Waals surface area contributed by atoms with Gasteiger partial charge in [0.25, 0.3) is 0 Å². The first kappa shape index (κ1) is 14.5. The molecule has 0 spiro atoms. The zero-order chi connectivity index (χ0) is 13.8. The standard InChI is InChI=1S/C16H22O2/c1-12(11-18-13(2)17)10-14-6-8-15(9-7-14)16(3,4)5/h6-10H,11H2,1-5H3. The van der Waals surface area contributed by atoms with E-state index in [2.05, 4.69) is 45.0 Å². The first-order valence-corrected chi connectivity index (χ1v) is 6.20. The average molecular weight is 246 g/mol. The Morgan fingerprint density at radius 3 is 2.17 bits per heavy atom. The zero-order valence-corrected chi connectivity index (χ0v) is 11.9. The Morgan fingerprint density at radius 1 is 1.17 bits per heavy atom. The molecule has 1 aromatic carbocycles. The summed E-state index contributed by atoms with van der Waals surface area (Å²) in [6.45, 7) is 10.3. The van der Waals surface area contributed by atoms with Crippen LogP contribution in [0.2, 0.25) is 0 Å². The molecule has 0 heterocycles. The highest BCUT2D eigenvalue weighted by Crippen LogP contribution is 2.22. The number of rotatable bonds is 3. The molecule has 0 amide bonds. The van der Waals surface area contributed by atoms with Crippen LogP contribution in [0, 0.1) is 0 Å². The minimum atomic E-state index is -0.245. The van der Waals surface area contributed by atoms with E-state index in [0.717, 1.165) is 11.1 Å². The van der Waals surface area contributed by atoms with Gasteiger partial charge >= 0.3 is 5.97 Å². The van der Waals surface area contributed by atoms with Gasteiger partial charge in [-0.25, -0.2) is 0 Å². The summed E-state index contributed by atoms with van der Waals surface area (Å²) in [4.78, 5) is 10.7. The van der Waals surface area contributed by atoms with Crippen molar-refractivity contribution in [2.24, 2.45) is 0 Å². The van der Waals surface area contributed by atoms with Crippen molar-refractivity contribution in [1.29, 1.82) is 0 Å². The molecule has 0 fully saturated rings. The number of hydrogen-bond acceptors (Lipinski definition) is 2. The predicted octanol–water partition coefficient (Wildman–Crippen LogP) is 3.95. The molecule has 0 aromatic heterocycles. The summed E-state index contributed by atoms with van der Waals surface area (Å²) >= 11 is 0.